The van der Waals surface area contributed by atoms with Crippen LogP contribution in [0, 0.1) is 11.3 Å². The molecule has 0 atom stereocenters. The molecule has 13 rings (SSSR count). The molecule has 292 valence electrons. The minimum Gasteiger partial charge on any atom is -0.456 e. The molecule has 0 bridgehead atoms. The fourth-order valence-electron chi connectivity index (χ4n) is 9.73. The maximum atomic E-state index is 9.72. The van der Waals surface area contributed by atoms with Crippen molar-refractivity contribution in [3.63, 3.8) is 0 Å². The Morgan fingerprint density at radius 1 is 0.413 bits per heavy atom. The highest BCUT2D eigenvalue weighted by Crippen LogP contribution is 2.42. The third-order valence-electron chi connectivity index (χ3n) is 12.6. The molecule has 0 saturated heterocycles. The average molecular weight is 804 g/mol. The summed E-state index contributed by atoms with van der Waals surface area (Å²) < 4.78 is 11.1. The highest BCUT2D eigenvalue weighted by atomic mass is 16.3. The predicted octanol–water partition coefficient (Wildman–Crippen LogP) is 14.6. The van der Waals surface area contributed by atoms with E-state index in [1.807, 2.05) is 48.5 Å². The number of nitrogens with zero attached hydrogens (tertiary/aromatic N) is 5. The van der Waals surface area contributed by atoms with E-state index in [0.717, 1.165) is 93.8 Å². The lowest BCUT2D eigenvalue weighted by Crippen LogP contribution is -2.03. The zero-order chi connectivity index (χ0) is 41.6. The van der Waals surface area contributed by atoms with Gasteiger partial charge in [0.15, 0.2) is 0 Å². The number of furan rings is 1. The van der Waals surface area contributed by atoms with Gasteiger partial charge in [-0.25, -0.2) is 9.97 Å². The largest absolute Gasteiger partial charge is 0.456 e. The summed E-state index contributed by atoms with van der Waals surface area (Å²) in [5, 5.41) is 17.5. The van der Waals surface area contributed by atoms with Crippen LogP contribution in [0.4, 0.5) is 0 Å². The fraction of sp³-hybridized carbons (Fsp3) is 0. The summed E-state index contributed by atoms with van der Waals surface area (Å²) in [6.45, 7) is 0. The molecule has 0 N–H and O–H groups in total. The summed E-state index contributed by atoms with van der Waals surface area (Å²) in [4.78, 5) is 10.4. The van der Waals surface area contributed by atoms with Crippen LogP contribution >= 0.6 is 0 Å². The van der Waals surface area contributed by atoms with Crippen molar-refractivity contribution in [3.05, 3.63) is 206 Å². The number of rotatable bonds is 5. The Balaban J connectivity index is 0.965. The van der Waals surface area contributed by atoms with Crippen LogP contribution in [-0.4, -0.2) is 19.1 Å². The second kappa shape index (κ2) is 13.6. The topological polar surface area (TPSA) is 72.6 Å². The molecule has 6 nitrogen and oxygen atoms in total. The molecule has 4 aromatic heterocycles. The number of para-hydroxylation sites is 4. The molecule has 4 heterocycles. The molecule has 13 aromatic rings. The van der Waals surface area contributed by atoms with E-state index in [-0.39, 0.29) is 0 Å². The van der Waals surface area contributed by atoms with E-state index in [1.54, 1.807) is 0 Å². The third kappa shape index (κ3) is 5.37. The van der Waals surface area contributed by atoms with Gasteiger partial charge in [-0.2, -0.15) is 5.26 Å². The van der Waals surface area contributed by atoms with E-state index in [4.69, 9.17) is 14.4 Å². The van der Waals surface area contributed by atoms with Crippen LogP contribution in [-0.2, 0) is 0 Å². The van der Waals surface area contributed by atoms with Gasteiger partial charge in [-0.3, -0.25) is 4.57 Å². The Hall–Kier alpha value is -8.79. The minimum absolute atomic E-state index is 0.576. The predicted molar refractivity (Wildman–Crippen MR) is 257 cm³/mol. The lowest BCUT2D eigenvalue weighted by Gasteiger charge is -2.12. The first kappa shape index (κ1) is 35.0. The molecule has 0 unspecified atom stereocenters. The third-order valence-corrected chi connectivity index (χ3v) is 12.6. The quantitative estimate of drug-likeness (QED) is 0.174. The molecular formula is C57H33N5O. The van der Waals surface area contributed by atoms with Gasteiger partial charge in [-0.1, -0.05) is 115 Å². The van der Waals surface area contributed by atoms with E-state index in [0.29, 0.717) is 11.5 Å². The lowest BCUT2D eigenvalue weighted by atomic mass is 9.96. The zero-order valence-electron chi connectivity index (χ0n) is 33.7. The molecule has 0 spiro atoms. The van der Waals surface area contributed by atoms with Crippen molar-refractivity contribution >= 4 is 76.5 Å². The molecule has 0 aliphatic rings. The van der Waals surface area contributed by atoms with Gasteiger partial charge in [0.1, 0.15) is 11.2 Å². The Bertz CT molecular complexity index is 4050. The molecule has 6 heteroatoms. The van der Waals surface area contributed by atoms with Crippen LogP contribution in [0.25, 0.3) is 122 Å². The Kier molecular flexibility index (Phi) is 7.57. The molecule has 0 radical (unpaired) electrons. The van der Waals surface area contributed by atoms with Gasteiger partial charge in [0.25, 0.3) is 0 Å². The fourth-order valence-corrected chi connectivity index (χ4v) is 9.73. The normalized spacial score (nSPS) is 11.8. The number of benzene rings is 9. The first-order valence-corrected chi connectivity index (χ1v) is 21.0. The molecule has 0 amide bonds. The van der Waals surface area contributed by atoms with E-state index < -0.39 is 0 Å². The van der Waals surface area contributed by atoms with Crippen molar-refractivity contribution in [2.24, 2.45) is 0 Å². The van der Waals surface area contributed by atoms with Crippen molar-refractivity contribution in [3.8, 4) is 51.2 Å². The van der Waals surface area contributed by atoms with Crippen LogP contribution in [0.1, 0.15) is 5.56 Å². The van der Waals surface area contributed by atoms with Crippen LogP contribution < -0.4 is 0 Å². The Morgan fingerprint density at radius 3 is 1.83 bits per heavy atom. The number of hydrogen-bond donors (Lipinski definition) is 0. The maximum absolute atomic E-state index is 9.72. The standard InChI is InChI=1S/C57H33N5O/c58-34-35-12-10-13-39(30-35)56-44-18-4-7-20-48(44)59-57(60-56)62-50-22-9-6-17-43(50)45-31-36(24-27-52(45)62)37-26-29-53-47(32-37)55-41(19-11-23-54(55)63-53)38-25-28-51-46(33-38)42-16-5-8-21-49(42)61(51)40-14-2-1-3-15-40/h1-33H. The molecule has 0 aliphatic carbocycles. The number of fused-ring (bicyclic) bond motifs is 10. The van der Waals surface area contributed by atoms with Gasteiger partial charge in [0.05, 0.1) is 44.9 Å². The average Bonchev–Trinajstić information content (AvgIpc) is 4.01. The molecule has 0 aliphatic heterocycles. The molecule has 63 heavy (non-hydrogen) atoms. The highest BCUT2D eigenvalue weighted by Gasteiger charge is 2.20. The van der Waals surface area contributed by atoms with E-state index in [9.17, 15) is 5.26 Å². The second-order valence-electron chi connectivity index (χ2n) is 16.1. The Labute approximate surface area is 360 Å². The monoisotopic (exact) mass is 803 g/mol. The van der Waals surface area contributed by atoms with Crippen molar-refractivity contribution in [2.45, 2.75) is 0 Å². The van der Waals surface area contributed by atoms with Gasteiger partial charge in [-0.05, 0) is 107 Å². The zero-order valence-corrected chi connectivity index (χ0v) is 33.7. The smallest absolute Gasteiger partial charge is 0.235 e. The van der Waals surface area contributed by atoms with Gasteiger partial charge >= 0.3 is 0 Å². The van der Waals surface area contributed by atoms with Gasteiger partial charge in [0.2, 0.25) is 5.95 Å². The van der Waals surface area contributed by atoms with Crippen molar-refractivity contribution in [2.75, 3.05) is 0 Å². The molecule has 0 fully saturated rings. The van der Waals surface area contributed by atoms with E-state index in [1.165, 1.54) is 21.8 Å². The molecular weight excluding hydrogens is 771 g/mol. The minimum atomic E-state index is 0.576. The first-order valence-electron chi connectivity index (χ1n) is 21.0. The number of hydrogen-bond acceptors (Lipinski definition) is 4. The highest BCUT2D eigenvalue weighted by molar-refractivity contribution is 6.16. The van der Waals surface area contributed by atoms with Crippen molar-refractivity contribution < 1.29 is 4.42 Å². The Morgan fingerprint density at radius 2 is 1.03 bits per heavy atom. The van der Waals surface area contributed by atoms with Gasteiger partial charge in [-0.15, -0.1) is 0 Å². The SMILES string of the molecule is N#Cc1cccc(-c2nc(-n3c4ccccc4c4cc(-c5ccc6oc7cccc(-c8ccc9c(c8)c8ccccc8n9-c8ccccc8)c7c6c5)ccc43)nc3ccccc23)c1. The van der Waals surface area contributed by atoms with Crippen LogP contribution in [0.15, 0.2) is 205 Å². The lowest BCUT2D eigenvalue weighted by molar-refractivity contribution is 0.669. The molecule has 9 aromatic carbocycles. The summed E-state index contributed by atoms with van der Waals surface area (Å²) >= 11 is 0. The summed E-state index contributed by atoms with van der Waals surface area (Å²) in [6, 6.07) is 72.1. The van der Waals surface area contributed by atoms with Gasteiger partial charge in [0, 0.05) is 49.0 Å². The maximum Gasteiger partial charge on any atom is 0.235 e. The van der Waals surface area contributed by atoms with Crippen LogP contribution in [0.3, 0.4) is 0 Å². The van der Waals surface area contributed by atoms with Crippen molar-refractivity contribution in [1.29, 1.82) is 5.26 Å². The summed E-state index contributed by atoms with van der Waals surface area (Å²) in [5.41, 5.74) is 14.8. The van der Waals surface area contributed by atoms with Gasteiger partial charge < -0.3 is 8.98 Å². The number of nitriles is 1. The van der Waals surface area contributed by atoms with Crippen LogP contribution in [0.2, 0.25) is 0 Å². The van der Waals surface area contributed by atoms with Crippen LogP contribution in [0.5, 0.6) is 0 Å². The molecule has 0 saturated carbocycles. The van der Waals surface area contributed by atoms with E-state index in [2.05, 4.69) is 167 Å². The second-order valence-corrected chi connectivity index (χ2v) is 16.1. The summed E-state index contributed by atoms with van der Waals surface area (Å²) in [7, 11) is 0. The van der Waals surface area contributed by atoms with E-state index >= 15 is 0 Å². The summed E-state index contributed by atoms with van der Waals surface area (Å²) in [6.07, 6.45) is 0. The first-order chi connectivity index (χ1) is 31.2. The number of aromatic nitrogens is 4. The summed E-state index contributed by atoms with van der Waals surface area (Å²) in [5.74, 6) is 0.576. The van der Waals surface area contributed by atoms with Crippen molar-refractivity contribution in [1.82, 2.24) is 19.1 Å².